The Morgan fingerprint density at radius 1 is 1.21 bits per heavy atom. The lowest BCUT2D eigenvalue weighted by Crippen LogP contribution is -2.32. The van der Waals surface area contributed by atoms with E-state index >= 15 is 0 Å². The third-order valence-corrected chi connectivity index (χ3v) is 2.14. The highest BCUT2D eigenvalue weighted by Gasteiger charge is 2.02. The van der Waals surface area contributed by atoms with Gasteiger partial charge in [-0.1, -0.05) is 20.3 Å². The molecule has 0 spiro atoms. The summed E-state index contributed by atoms with van der Waals surface area (Å²) in [5, 5.41) is 6.19. The Morgan fingerprint density at radius 3 is 2.50 bits per heavy atom. The highest BCUT2D eigenvalue weighted by molar-refractivity contribution is 5.75. The zero-order valence-electron chi connectivity index (χ0n) is 9.73. The van der Waals surface area contributed by atoms with E-state index < -0.39 is 0 Å². The molecular formula is C11H24N2O. The smallest absolute Gasteiger partial charge is 0.221 e. The molecule has 1 atom stereocenters. The molecule has 3 heteroatoms. The monoisotopic (exact) mass is 200 g/mol. The molecule has 14 heavy (non-hydrogen) atoms. The maximum absolute atomic E-state index is 11.2. The largest absolute Gasteiger partial charge is 0.356 e. The topological polar surface area (TPSA) is 41.1 Å². The summed E-state index contributed by atoms with van der Waals surface area (Å²) in [6, 6.07) is 0.527. The molecule has 0 saturated heterocycles. The van der Waals surface area contributed by atoms with Crippen molar-refractivity contribution >= 4 is 5.91 Å². The van der Waals surface area contributed by atoms with Crippen LogP contribution in [-0.2, 0) is 4.79 Å². The summed E-state index contributed by atoms with van der Waals surface area (Å²) in [5.74, 6) is 0.156. The summed E-state index contributed by atoms with van der Waals surface area (Å²) in [4.78, 5) is 11.2. The Labute approximate surface area is 87.6 Å². The highest BCUT2D eigenvalue weighted by atomic mass is 16.1. The molecule has 0 aliphatic rings. The molecule has 0 aromatic heterocycles. The van der Waals surface area contributed by atoms with Gasteiger partial charge in [0, 0.05) is 25.6 Å². The molecule has 0 saturated carbocycles. The van der Waals surface area contributed by atoms with Crippen LogP contribution in [0.2, 0.25) is 0 Å². The predicted octanol–water partition coefficient (Wildman–Crippen LogP) is 1.68. The van der Waals surface area contributed by atoms with Gasteiger partial charge in [-0.2, -0.15) is 0 Å². The van der Waals surface area contributed by atoms with Crippen molar-refractivity contribution < 1.29 is 4.79 Å². The predicted molar refractivity (Wildman–Crippen MR) is 60.3 cm³/mol. The van der Waals surface area contributed by atoms with Crippen LogP contribution in [0.15, 0.2) is 0 Å². The number of nitrogens with one attached hydrogen (secondary N) is 2. The van der Waals surface area contributed by atoms with Crippen LogP contribution in [0.1, 0.15) is 46.5 Å². The minimum absolute atomic E-state index is 0.156. The lowest BCUT2D eigenvalue weighted by Gasteiger charge is -2.12. The molecule has 1 unspecified atom stereocenters. The summed E-state index contributed by atoms with van der Waals surface area (Å²) in [6.07, 6.45) is 3.96. The standard InChI is InChI=1S/C11H24N2O/c1-4-6-10(3)12-9-7-11(14)13-8-5-2/h10,12H,4-9H2,1-3H3,(H,13,14). The lowest BCUT2D eigenvalue weighted by molar-refractivity contribution is -0.121. The van der Waals surface area contributed by atoms with Gasteiger partial charge in [0.05, 0.1) is 0 Å². The SMILES string of the molecule is CCCNC(=O)CCNC(C)CCC. The molecule has 0 aliphatic carbocycles. The van der Waals surface area contributed by atoms with Crippen LogP contribution >= 0.6 is 0 Å². The van der Waals surface area contributed by atoms with Crippen molar-refractivity contribution in [3.8, 4) is 0 Å². The van der Waals surface area contributed by atoms with Gasteiger partial charge in [0.2, 0.25) is 5.91 Å². The lowest BCUT2D eigenvalue weighted by atomic mass is 10.2. The number of carbonyl (C=O) groups excluding carboxylic acids is 1. The Kier molecular flexibility index (Phi) is 8.64. The maximum atomic E-state index is 11.2. The van der Waals surface area contributed by atoms with Crippen molar-refractivity contribution in [3.63, 3.8) is 0 Å². The molecule has 0 fully saturated rings. The fourth-order valence-corrected chi connectivity index (χ4v) is 1.32. The Bertz CT molecular complexity index is 148. The molecular weight excluding hydrogens is 176 g/mol. The van der Waals surface area contributed by atoms with Gasteiger partial charge in [-0.3, -0.25) is 4.79 Å². The van der Waals surface area contributed by atoms with Gasteiger partial charge in [0.15, 0.2) is 0 Å². The molecule has 0 heterocycles. The van der Waals surface area contributed by atoms with Crippen molar-refractivity contribution in [2.24, 2.45) is 0 Å². The van der Waals surface area contributed by atoms with E-state index in [1.165, 1.54) is 12.8 Å². The first-order chi connectivity index (χ1) is 6.70. The fraction of sp³-hybridized carbons (Fsp3) is 0.909. The zero-order chi connectivity index (χ0) is 10.8. The molecule has 0 aromatic carbocycles. The van der Waals surface area contributed by atoms with E-state index in [9.17, 15) is 4.79 Å². The Balaban J connectivity index is 3.30. The third kappa shape index (κ3) is 8.05. The zero-order valence-corrected chi connectivity index (χ0v) is 9.73. The van der Waals surface area contributed by atoms with Gasteiger partial charge in [-0.15, -0.1) is 0 Å². The van der Waals surface area contributed by atoms with Gasteiger partial charge in [-0.25, -0.2) is 0 Å². The van der Waals surface area contributed by atoms with Crippen molar-refractivity contribution in [2.75, 3.05) is 13.1 Å². The normalized spacial score (nSPS) is 12.5. The minimum Gasteiger partial charge on any atom is -0.356 e. The van der Waals surface area contributed by atoms with Gasteiger partial charge in [0.1, 0.15) is 0 Å². The molecule has 0 aromatic rings. The van der Waals surface area contributed by atoms with Crippen LogP contribution in [0.4, 0.5) is 0 Å². The molecule has 0 bridgehead atoms. The molecule has 0 radical (unpaired) electrons. The van der Waals surface area contributed by atoms with E-state index in [2.05, 4.69) is 31.4 Å². The molecule has 0 aliphatic heterocycles. The van der Waals surface area contributed by atoms with E-state index in [4.69, 9.17) is 0 Å². The van der Waals surface area contributed by atoms with Crippen LogP contribution in [0, 0.1) is 0 Å². The van der Waals surface area contributed by atoms with Crippen molar-refractivity contribution in [1.29, 1.82) is 0 Å². The average molecular weight is 200 g/mol. The molecule has 2 N–H and O–H groups in total. The summed E-state index contributed by atoms with van der Waals surface area (Å²) >= 11 is 0. The summed E-state index contributed by atoms with van der Waals surface area (Å²) in [6.45, 7) is 7.97. The second-order valence-electron chi connectivity index (χ2n) is 3.74. The van der Waals surface area contributed by atoms with Crippen molar-refractivity contribution in [2.45, 2.75) is 52.5 Å². The molecule has 84 valence electrons. The number of hydrogen-bond acceptors (Lipinski definition) is 2. The average Bonchev–Trinajstić information content (AvgIpc) is 2.15. The van der Waals surface area contributed by atoms with Crippen LogP contribution in [-0.4, -0.2) is 25.0 Å². The molecule has 3 nitrogen and oxygen atoms in total. The van der Waals surface area contributed by atoms with Crippen LogP contribution < -0.4 is 10.6 Å². The van der Waals surface area contributed by atoms with Crippen molar-refractivity contribution in [1.82, 2.24) is 10.6 Å². The van der Waals surface area contributed by atoms with Gasteiger partial charge >= 0.3 is 0 Å². The second kappa shape index (κ2) is 9.00. The van der Waals surface area contributed by atoms with E-state index in [0.717, 1.165) is 19.5 Å². The van der Waals surface area contributed by atoms with Crippen LogP contribution in [0.3, 0.4) is 0 Å². The van der Waals surface area contributed by atoms with Gasteiger partial charge in [-0.05, 0) is 19.8 Å². The number of carbonyl (C=O) groups is 1. The van der Waals surface area contributed by atoms with E-state index in [-0.39, 0.29) is 5.91 Å². The first kappa shape index (κ1) is 13.4. The summed E-state index contributed by atoms with van der Waals surface area (Å²) in [5.41, 5.74) is 0. The van der Waals surface area contributed by atoms with E-state index in [1.54, 1.807) is 0 Å². The van der Waals surface area contributed by atoms with Gasteiger partial charge < -0.3 is 10.6 Å². The minimum atomic E-state index is 0.156. The number of rotatable bonds is 8. The molecule has 1 amide bonds. The Morgan fingerprint density at radius 2 is 1.93 bits per heavy atom. The first-order valence-corrected chi connectivity index (χ1v) is 5.70. The Hall–Kier alpha value is -0.570. The van der Waals surface area contributed by atoms with E-state index in [0.29, 0.717) is 12.5 Å². The third-order valence-electron chi connectivity index (χ3n) is 2.14. The van der Waals surface area contributed by atoms with Crippen LogP contribution in [0.25, 0.3) is 0 Å². The quantitative estimate of drug-likeness (QED) is 0.626. The highest BCUT2D eigenvalue weighted by Crippen LogP contribution is 1.94. The maximum Gasteiger partial charge on any atom is 0.221 e. The first-order valence-electron chi connectivity index (χ1n) is 5.70. The van der Waals surface area contributed by atoms with E-state index in [1.807, 2.05) is 0 Å². The number of hydrogen-bond donors (Lipinski definition) is 2. The second-order valence-corrected chi connectivity index (χ2v) is 3.74. The van der Waals surface area contributed by atoms with Crippen molar-refractivity contribution in [3.05, 3.63) is 0 Å². The fourth-order valence-electron chi connectivity index (χ4n) is 1.32. The summed E-state index contributed by atoms with van der Waals surface area (Å²) < 4.78 is 0. The van der Waals surface area contributed by atoms with Gasteiger partial charge in [0.25, 0.3) is 0 Å². The van der Waals surface area contributed by atoms with Crippen LogP contribution in [0.5, 0.6) is 0 Å². The summed E-state index contributed by atoms with van der Waals surface area (Å²) in [7, 11) is 0. The molecule has 0 rings (SSSR count). The number of amides is 1.